The van der Waals surface area contributed by atoms with Gasteiger partial charge in [-0.3, -0.25) is 0 Å². The van der Waals surface area contributed by atoms with Crippen molar-refractivity contribution in [2.75, 3.05) is 7.11 Å². The maximum absolute atomic E-state index is 6.15. The van der Waals surface area contributed by atoms with E-state index in [1.165, 1.54) is 0 Å². The molecule has 19 heavy (non-hydrogen) atoms. The topological polar surface area (TPSA) is 34.1 Å². The standard InChI is InChI=1S/C14H14BrClN2O/c1-19-14-5-2-10(8-18-14)7-17-9-11-3-4-12(15)6-13(11)16/h2-6,8,17H,7,9H2,1H3. The minimum absolute atomic E-state index is 0.625. The molecule has 1 aromatic heterocycles. The van der Waals surface area contributed by atoms with Crippen LogP contribution in [-0.4, -0.2) is 12.1 Å². The van der Waals surface area contributed by atoms with Gasteiger partial charge in [0.05, 0.1) is 7.11 Å². The lowest BCUT2D eigenvalue weighted by molar-refractivity contribution is 0.397. The van der Waals surface area contributed by atoms with Crippen LogP contribution in [0.15, 0.2) is 41.0 Å². The Labute approximate surface area is 126 Å². The highest BCUT2D eigenvalue weighted by Gasteiger charge is 2.01. The average Bonchev–Trinajstić information content (AvgIpc) is 2.42. The molecule has 0 saturated carbocycles. The molecule has 1 aromatic carbocycles. The van der Waals surface area contributed by atoms with Gasteiger partial charge in [-0.1, -0.05) is 39.7 Å². The molecule has 0 saturated heterocycles. The summed E-state index contributed by atoms with van der Waals surface area (Å²) in [4.78, 5) is 4.16. The SMILES string of the molecule is COc1ccc(CNCc2ccc(Br)cc2Cl)cn1. The van der Waals surface area contributed by atoms with Gasteiger partial charge in [-0.25, -0.2) is 4.98 Å². The summed E-state index contributed by atoms with van der Waals surface area (Å²) in [6.07, 6.45) is 1.80. The molecule has 100 valence electrons. The molecular weight excluding hydrogens is 328 g/mol. The lowest BCUT2D eigenvalue weighted by atomic mass is 10.2. The number of rotatable bonds is 5. The molecule has 2 aromatic rings. The Balaban J connectivity index is 1.88. The van der Waals surface area contributed by atoms with Gasteiger partial charge in [0.15, 0.2) is 0 Å². The van der Waals surface area contributed by atoms with Crippen molar-refractivity contribution in [3.8, 4) is 5.88 Å². The fourth-order valence-corrected chi connectivity index (χ4v) is 2.38. The van der Waals surface area contributed by atoms with Crippen molar-refractivity contribution in [2.24, 2.45) is 0 Å². The Morgan fingerprint density at radius 3 is 2.74 bits per heavy atom. The fraction of sp³-hybridized carbons (Fsp3) is 0.214. The second-order valence-electron chi connectivity index (χ2n) is 4.05. The normalized spacial score (nSPS) is 10.5. The van der Waals surface area contributed by atoms with Crippen LogP contribution in [0.1, 0.15) is 11.1 Å². The second kappa shape index (κ2) is 6.89. The molecule has 1 N–H and O–H groups in total. The van der Waals surface area contributed by atoms with Crippen LogP contribution in [0.5, 0.6) is 5.88 Å². The predicted octanol–water partition coefficient (Wildman–Crippen LogP) is 3.80. The van der Waals surface area contributed by atoms with E-state index in [1.807, 2.05) is 30.3 Å². The predicted molar refractivity (Wildman–Crippen MR) is 80.5 cm³/mol. The van der Waals surface area contributed by atoms with Crippen LogP contribution >= 0.6 is 27.5 Å². The zero-order valence-corrected chi connectivity index (χ0v) is 12.8. The smallest absolute Gasteiger partial charge is 0.212 e. The van der Waals surface area contributed by atoms with Gasteiger partial charge < -0.3 is 10.1 Å². The van der Waals surface area contributed by atoms with Crippen LogP contribution in [0.25, 0.3) is 0 Å². The number of pyridine rings is 1. The van der Waals surface area contributed by atoms with Gasteiger partial charge in [-0.15, -0.1) is 0 Å². The first-order valence-corrected chi connectivity index (χ1v) is 6.99. The zero-order chi connectivity index (χ0) is 13.7. The number of aromatic nitrogens is 1. The summed E-state index contributed by atoms with van der Waals surface area (Å²) in [6, 6.07) is 9.72. The molecule has 0 bridgehead atoms. The van der Waals surface area contributed by atoms with Gasteiger partial charge in [-0.2, -0.15) is 0 Å². The van der Waals surface area contributed by atoms with E-state index >= 15 is 0 Å². The number of halogens is 2. The summed E-state index contributed by atoms with van der Waals surface area (Å²) in [7, 11) is 1.61. The molecule has 0 amide bonds. The minimum Gasteiger partial charge on any atom is -0.481 e. The maximum Gasteiger partial charge on any atom is 0.212 e. The molecule has 0 fully saturated rings. The Hall–Kier alpha value is -1.10. The number of hydrogen-bond donors (Lipinski definition) is 1. The number of ether oxygens (including phenoxy) is 1. The van der Waals surface area contributed by atoms with Crippen LogP contribution in [0.2, 0.25) is 5.02 Å². The minimum atomic E-state index is 0.625. The number of nitrogens with zero attached hydrogens (tertiary/aromatic N) is 1. The number of benzene rings is 1. The van der Waals surface area contributed by atoms with E-state index in [4.69, 9.17) is 16.3 Å². The van der Waals surface area contributed by atoms with Crippen LogP contribution in [0, 0.1) is 0 Å². The maximum atomic E-state index is 6.15. The van der Waals surface area contributed by atoms with E-state index < -0.39 is 0 Å². The lowest BCUT2D eigenvalue weighted by Gasteiger charge is -2.07. The summed E-state index contributed by atoms with van der Waals surface area (Å²) in [5.74, 6) is 0.625. The Kier molecular flexibility index (Phi) is 5.19. The van der Waals surface area contributed by atoms with E-state index in [0.717, 1.165) is 33.7 Å². The Morgan fingerprint density at radius 1 is 1.26 bits per heavy atom. The summed E-state index contributed by atoms with van der Waals surface area (Å²) >= 11 is 9.54. The summed E-state index contributed by atoms with van der Waals surface area (Å²) in [5.41, 5.74) is 2.18. The quantitative estimate of drug-likeness (QED) is 0.898. The van der Waals surface area contributed by atoms with E-state index in [2.05, 4.69) is 26.2 Å². The van der Waals surface area contributed by atoms with Crippen molar-refractivity contribution >= 4 is 27.5 Å². The highest BCUT2D eigenvalue weighted by molar-refractivity contribution is 9.10. The molecule has 0 aliphatic heterocycles. The number of nitrogens with one attached hydrogen (secondary N) is 1. The highest BCUT2D eigenvalue weighted by Crippen LogP contribution is 2.21. The van der Waals surface area contributed by atoms with E-state index in [1.54, 1.807) is 13.3 Å². The fourth-order valence-electron chi connectivity index (χ4n) is 1.64. The molecule has 0 aliphatic carbocycles. The van der Waals surface area contributed by atoms with Gasteiger partial charge in [0.25, 0.3) is 0 Å². The molecule has 0 spiro atoms. The van der Waals surface area contributed by atoms with E-state index in [9.17, 15) is 0 Å². The van der Waals surface area contributed by atoms with Gasteiger partial charge >= 0.3 is 0 Å². The largest absolute Gasteiger partial charge is 0.481 e. The average molecular weight is 342 g/mol. The van der Waals surface area contributed by atoms with Crippen molar-refractivity contribution < 1.29 is 4.74 Å². The summed E-state index contributed by atoms with van der Waals surface area (Å²) in [5, 5.41) is 4.09. The molecule has 0 atom stereocenters. The van der Waals surface area contributed by atoms with Gasteiger partial charge in [0, 0.05) is 34.8 Å². The van der Waals surface area contributed by atoms with Crippen molar-refractivity contribution in [3.63, 3.8) is 0 Å². The van der Waals surface area contributed by atoms with Gasteiger partial charge in [0.2, 0.25) is 5.88 Å². The van der Waals surface area contributed by atoms with Crippen LogP contribution < -0.4 is 10.1 Å². The first-order valence-electron chi connectivity index (χ1n) is 5.82. The molecule has 0 unspecified atom stereocenters. The molecule has 3 nitrogen and oxygen atoms in total. The van der Waals surface area contributed by atoms with E-state index in [0.29, 0.717) is 5.88 Å². The third-order valence-electron chi connectivity index (χ3n) is 2.67. The van der Waals surface area contributed by atoms with Crippen molar-refractivity contribution in [1.29, 1.82) is 0 Å². The Bertz CT molecular complexity index is 546. The highest BCUT2D eigenvalue weighted by atomic mass is 79.9. The third kappa shape index (κ3) is 4.20. The molecular formula is C14H14BrClN2O. The summed E-state index contributed by atoms with van der Waals surface area (Å²) in [6.45, 7) is 1.46. The van der Waals surface area contributed by atoms with Crippen molar-refractivity contribution in [3.05, 3.63) is 57.2 Å². The van der Waals surface area contributed by atoms with Gasteiger partial charge in [-0.05, 0) is 23.3 Å². The second-order valence-corrected chi connectivity index (χ2v) is 5.37. The first kappa shape index (κ1) is 14.3. The van der Waals surface area contributed by atoms with Crippen LogP contribution in [-0.2, 0) is 13.1 Å². The van der Waals surface area contributed by atoms with Crippen molar-refractivity contribution in [1.82, 2.24) is 10.3 Å². The Morgan fingerprint density at radius 2 is 2.11 bits per heavy atom. The molecule has 5 heteroatoms. The molecule has 0 radical (unpaired) electrons. The third-order valence-corrected chi connectivity index (χ3v) is 3.51. The van der Waals surface area contributed by atoms with Crippen LogP contribution in [0.3, 0.4) is 0 Å². The van der Waals surface area contributed by atoms with E-state index in [-0.39, 0.29) is 0 Å². The molecule has 0 aliphatic rings. The van der Waals surface area contributed by atoms with Gasteiger partial charge in [0.1, 0.15) is 0 Å². The van der Waals surface area contributed by atoms with Crippen molar-refractivity contribution in [2.45, 2.75) is 13.1 Å². The lowest BCUT2D eigenvalue weighted by Crippen LogP contribution is -2.13. The van der Waals surface area contributed by atoms with Crippen LogP contribution in [0.4, 0.5) is 0 Å². The first-order chi connectivity index (χ1) is 9.19. The summed E-state index contributed by atoms with van der Waals surface area (Å²) < 4.78 is 6.00. The number of methoxy groups -OCH3 is 1. The molecule has 2 rings (SSSR count). The monoisotopic (exact) mass is 340 g/mol. The molecule has 1 heterocycles. The zero-order valence-electron chi connectivity index (χ0n) is 10.5. The number of hydrogen-bond acceptors (Lipinski definition) is 3.